The molecule has 2 aromatic rings. The largest absolute Gasteiger partial charge is 0.381 e. The van der Waals surface area contributed by atoms with Gasteiger partial charge in [-0.2, -0.15) is 0 Å². The Morgan fingerprint density at radius 1 is 0.613 bits per heavy atom. The minimum atomic E-state index is 0.733. The molecular formula is C30H42O. The minimum Gasteiger partial charge on any atom is -0.381 e. The molecule has 0 spiro atoms. The number of ether oxygens (including phenoxy) is 1. The van der Waals surface area contributed by atoms with Crippen LogP contribution >= 0.6 is 0 Å². The first-order valence-corrected chi connectivity index (χ1v) is 13.0. The lowest BCUT2D eigenvalue weighted by atomic mass is 9.77. The van der Waals surface area contributed by atoms with Crippen LogP contribution in [0.25, 0.3) is 11.1 Å². The average Bonchev–Trinajstić information content (AvgIpc) is 2.84. The van der Waals surface area contributed by atoms with E-state index in [-0.39, 0.29) is 0 Å². The minimum absolute atomic E-state index is 0.733. The summed E-state index contributed by atoms with van der Waals surface area (Å²) in [5.74, 6) is 3.27. The summed E-state index contributed by atoms with van der Waals surface area (Å²) in [5, 5.41) is 0. The summed E-state index contributed by atoms with van der Waals surface area (Å²) in [7, 11) is 0. The normalized spacial score (nSPS) is 26.6. The summed E-state index contributed by atoms with van der Waals surface area (Å²) < 4.78 is 5.64. The van der Waals surface area contributed by atoms with Crippen LogP contribution in [0.4, 0.5) is 0 Å². The highest BCUT2D eigenvalue weighted by Crippen LogP contribution is 2.39. The highest BCUT2D eigenvalue weighted by atomic mass is 16.5. The molecule has 0 aliphatic heterocycles. The number of hydrogen-bond donors (Lipinski definition) is 0. The Morgan fingerprint density at radius 3 is 1.48 bits per heavy atom. The summed E-state index contributed by atoms with van der Waals surface area (Å²) in [5.41, 5.74) is 5.79. The quantitative estimate of drug-likeness (QED) is 0.416. The molecule has 0 bridgehead atoms. The van der Waals surface area contributed by atoms with E-state index in [9.17, 15) is 0 Å². The fourth-order valence-electron chi connectivity index (χ4n) is 6.04. The van der Waals surface area contributed by atoms with Gasteiger partial charge < -0.3 is 4.74 Å². The van der Waals surface area contributed by atoms with Crippen molar-refractivity contribution in [3.8, 4) is 11.1 Å². The second-order valence-corrected chi connectivity index (χ2v) is 10.1. The molecule has 0 unspecified atom stereocenters. The van der Waals surface area contributed by atoms with Gasteiger partial charge in [0.1, 0.15) is 0 Å². The fourth-order valence-corrected chi connectivity index (χ4v) is 6.04. The lowest BCUT2D eigenvalue weighted by molar-refractivity contribution is 0.0920. The molecule has 2 fully saturated rings. The van der Waals surface area contributed by atoms with Gasteiger partial charge in [-0.05, 0) is 104 Å². The molecule has 2 saturated carbocycles. The predicted molar refractivity (Wildman–Crippen MR) is 133 cm³/mol. The molecular weight excluding hydrogens is 376 g/mol. The molecule has 1 heteroatoms. The molecule has 2 aliphatic carbocycles. The van der Waals surface area contributed by atoms with Crippen LogP contribution in [-0.2, 0) is 4.74 Å². The van der Waals surface area contributed by atoms with Gasteiger partial charge in [0.25, 0.3) is 0 Å². The Labute approximate surface area is 190 Å². The van der Waals surface area contributed by atoms with Gasteiger partial charge in [-0.1, -0.05) is 68.3 Å². The summed E-state index contributed by atoms with van der Waals surface area (Å²) in [4.78, 5) is 0. The van der Waals surface area contributed by atoms with Crippen molar-refractivity contribution in [2.24, 2.45) is 11.8 Å². The Bertz CT molecular complexity index is 759. The zero-order valence-electron chi connectivity index (χ0n) is 19.8. The molecule has 31 heavy (non-hydrogen) atoms. The summed E-state index contributed by atoms with van der Waals surface area (Å²) in [6, 6.07) is 18.9. The molecule has 0 N–H and O–H groups in total. The number of benzene rings is 2. The molecule has 0 heterocycles. The van der Waals surface area contributed by atoms with Crippen LogP contribution in [0.3, 0.4) is 0 Å². The van der Waals surface area contributed by atoms with E-state index in [2.05, 4.69) is 62.4 Å². The van der Waals surface area contributed by atoms with Crippen molar-refractivity contribution in [1.29, 1.82) is 0 Å². The first-order chi connectivity index (χ1) is 15.3. The lowest BCUT2D eigenvalue weighted by Crippen LogP contribution is -2.17. The van der Waals surface area contributed by atoms with Crippen molar-refractivity contribution in [3.63, 3.8) is 0 Å². The van der Waals surface area contributed by atoms with E-state index in [4.69, 9.17) is 4.74 Å². The third kappa shape index (κ3) is 6.01. The first kappa shape index (κ1) is 22.6. The summed E-state index contributed by atoms with van der Waals surface area (Å²) >= 11 is 0. The van der Waals surface area contributed by atoms with Crippen LogP contribution in [0.1, 0.15) is 101 Å². The third-order valence-corrected chi connectivity index (χ3v) is 8.05. The van der Waals surface area contributed by atoms with Gasteiger partial charge >= 0.3 is 0 Å². The third-order valence-electron chi connectivity index (χ3n) is 8.05. The van der Waals surface area contributed by atoms with Crippen molar-refractivity contribution in [1.82, 2.24) is 0 Å². The van der Waals surface area contributed by atoms with Crippen LogP contribution in [-0.4, -0.2) is 13.2 Å². The van der Waals surface area contributed by atoms with E-state index in [0.29, 0.717) is 0 Å². The van der Waals surface area contributed by atoms with Gasteiger partial charge in [-0.3, -0.25) is 0 Å². The van der Waals surface area contributed by atoms with E-state index in [1.165, 1.54) is 80.9 Å². The standard InChI is InChI=1S/C30H42O/c1-3-5-23-6-10-25(11-7-23)27-14-18-29(19-15-27)30-20-16-28(17-21-30)26-12-8-24(9-13-26)22-31-4-2/h14-21,23-26H,3-13,22H2,1-2H3. The second-order valence-electron chi connectivity index (χ2n) is 10.1. The maximum atomic E-state index is 5.64. The van der Waals surface area contributed by atoms with Gasteiger partial charge in [0.15, 0.2) is 0 Å². The lowest BCUT2D eigenvalue weighted by Gasteiger charge is -2.29. The highest BCUT2D eigenvalue weighted by Gasteiger charge is 2.23. The van der Waals surface area contributed by atoms with E-state index in [1.54, 1.807) is 5.56 Å². The number of rotatable bonds is 8. The SMILES string of the molecule is CCCC1CCC(c2ccc(-c3ccc(C4CCC(COCC)CC4)cc3)cc2)CC1. The second kappa shape index (κ2) is 11.3. The molecule has 0 amide bonds. The van der Waals surface area contributed by atoms with Crippen LogP contribution in [0.15, 0.2) is 48.5 Å². The maximum absolute atomic E-state index is 5.64. The molecule has 1 nitrogen and oxygen atoms in total. The molecule has 4 rings (SSSR count). The molecule has 0 atom stereocenters. The first-order valence-electron chi connectivity index (χ1n) is 13.0. The molecule has 168 valence electrons. The van der Waals surface area contributed by atoms with Gasteiger partial charge in [0, 0.05) is 13.2 Å². The maximum Gasteiger partial charge on any atom is 0.0494 e. The van der Waals surface area contributed by atoms with Crippen LogP contribution in [0.2, 0.25) is 0 Å². The highest BCUT2D eigenvalue weighted by molar-refractivity contribution is 5.64. The summed E-state index contributed by atoms with van der Waals surface area (Å²) in [6.07, 6.45) is 13.6. The van der Waals surface area contributed by atoms with Gasteiger partial charge in [0.05, 0.1) is 0 Å². The van der Waals surface area contributed by atoms with Crippen molar-refractivity contribution >= 4 is 0 Å². The molecule has 2 aliphatic rings. The number of hydrogen-bond acceptors (Lipinski definition) is 1. The van der Waals surface area contributed by atoms with E-state index in [1.807, 2.05) is 0 Å². The molecule has 2 aromatic carbocycles. The van der Waals surface area contributed by atoms with Gasteiger partial charge in [-0.25, -0.2) is 0 Å². The fraction of sp³-hybridized carbons (Fsp3) is 0.600. The Balaban J connectivity index is 1.31. The Hall–Kier alpha value is -1.60. The van der Waals surface area contributed by atoms with Crippen molar-refractivity contribution in [3.05, 3.63) is 59.7 Å². The van der Waals surface area contributed by atoms with Gasteiger partial charge in [0.2, 0.25) is 0 Å². The zero-order chi connectivity index (χ0) is 21.5. The van der Waals surface area contributed by atoms with Crippen LogP contribution in [0, 0.1) is 11.8 Å². The van der Waals surface area contributed by atoms with Crippen molar-refractivity contribution < 1.29 is 4.74 Å². The molecule has 0 saturated heterocycles. The van der Waals surface area contributed by atoms with E-state index >= 15 is 0 Å². The van der Waals surface area contributed by atoms with Crippen LogP contribution < -0.4 is 0 Å². The Kier molecular flexibility index (Phi) is 8.25. The van der Waals surface area contributed by atoms with E-state index < -0.39 is 0 Å². The monoisotopic (exact) mass is 418 g/mol. The predicted octanol–water partition coefficient (Wildman–Crippen LogP) is 8.74. The average molecular weight is 419 g/mol. The van der Waals surface area contributed by atoms with Gasteiger partial charge in [-0.15, -0.1) is 0 Å². The topological polar surface area (TPSA) is 9.23 Å². The smallest absolute Gasteiger partial charge is 0.0494 e. The van der Waals surface area contributed by atoms with Crippen molar-refractivity contribution in [2.75, 3.05) is 13.2 Å². The summed E-state index contributed by atoms with van der Waals surface area (Å²) in [6.45, 7) is 6.23. The van der Waals surface area contributed by atoms with Crippen LogP contribution in [0.5, 0.6) is 0 Å². The zero-order valence-corrected chi connectivity index (χ0v) is 19.8. The molecule has 0 aromatic heterocycles. The molecule has 0 radical (unpaired) electrons. The van der Waals surface area contributed by atoms with E-state index in [0.717, 1.165) is 36.9 Å². The Morgan fingerprint density at radius 2 is 1.06 bits per heavy atom. The van der Waals surface area contributed by atoms with Crippen molar-refractivity contribution in [2.45, 2.75) is 89.9 Å².